The molecule has 0 saturated carbocycles. The van der Waals surface area contributed by atoms with Gasteiger partial charge in [0.1, 0.15) is 12.4 Å². The summed E-state index contributed by atoms with van der Waals surface area (Å²) in [6.45, 7) is 1.38. The second-order valence-corrected chi connectivity index (χ2v) is 5.59. The van der Waals surface area contributed by atoms with Crippen LogP contribution in [0, 0.1) is 18.8 Å². The van der Waals surface area contributed by atoms with E-state index in [2.05, 4.69) is 26.5 Å². The minimum Gasteiger partial charge on any atom is -0.384 e. The number of benzene rings is 1. The number of rotatable bonds is 3. The van der Waals surface area contributed by atoms with Crippen LogP contribution in [-0.4, -0.2) is 30.1 Å². The molecule has 0 unspecified atom stereocenters. The van der Waals surface area contributed by atoms with Gasteiger partial charge in [0.15, 0.2) is 5.03 Å². The molecule has 7 heteroatoms. The predicted molar refractivity (Wildman–Crippen MR) is 74.5 cm³/mol. The van der Waals surface area contributed by atoms with E-state index >= 15 is 0 Å². The van der Waals surface area contributed by atoms with E-state index < -0.39 is 10.0 Å². The van der Waals surface area contributed by atoms with Crippen LogP contribution in [0.25, 0.3) is 0 Å². The van der Waals surface area contributed by atoms with Gasteiger partial charge in [-0.3, -0.25) is 4.72 Å². The molecule has 0 radical (unpaired) electrons. The lowest BCUT2D eigenvalue weighted by molar-refractivity contribution is 0.350. The quantitative estimate of drug-likeness (QED) is 0.731. The van der Waals surface area contributed by atoms with Crippen LogP contribution in [0.1, 0.15) is 11.4 Å². The molecule has 3 N–H and O–H groups in total. The number of sulfonamides is 1. The number of aryl methyl sites for hydroxylation is 1. The van der Waals surface area contributed by atoms with Gasteiger partial charge in [-0.15, -0.1) is 0 Å². The first-order valence-corrected chi connectivity index (χ1v) is 7.24. The summed E-state index contributed by atoms with van der Waals surface area (Å²) in [6.07, 6.45) is 1.25. The highest BCUT2D eigenvalue weighted by molar-refractivity contribution is 7.92. The van der Waals surface area contributed by atoms with Gasteiger partial charge in [0.2, 0.25) is 0 Å². The number of H-pyrrole nitrogens is 1. The summed E-state index contributed by atoms with van der Waals surface area (Å²) in [5.41, 5.74) is 0.835. The van der Waals surface area contributed by atoms with Gasteiger partial charge in [-0.1, -0.05) is 24.0 Å². The topological polar surface area (TPSA) is 95.1 Å². The number of aromatic amines is 1. The summed E-state index contributed by atoms with van der Waals surface area (Å²) in [4.78, 5) is 6.52. The third-order valence-corrected chi connectivity index (χ3v) is 3.72. The fourth-order valence-corrected chi connectivity index (χ4v) is 2.60. The number of imidazole rings is 1. The van der Waals surface area contributed by atoms with Crippen molar-refractivity contribution in [2.24, 2.45) is 0 Å². The van der Waals surface area contributed by atoms with Crippen LogP contribution in [-0.2, 0) is 10.0 Å². The lowest BCUT2D eigenvalue weighted by atomic mass is 10.2. The van der Waals surface area contributed by atoms with Crippen LogP contribution >= 0.6 is 0 Å². The minimum atomic E-state index is -3.74. The molecular formula is C13H13N3O3S. The first-order valence-electron chi connectivity index (χ1n) is 5.76. The molecule has 6 nitrogen and oxygen atoms in total. The van der Waals surface area contributed by atoms with Crippen molar-refractivity contribution in [2.45, 2.75) is 11.9 Å². The maximum Gasteiger partial charge on any atom is 0.279 e. The first kappa shape index (κ1) is 14.1. The van der Waals surface area contributed by atoms with Gasteiger partial charge in [0, 0.05) is 5.56 Å². The van der Waals surface area contributed by atoms with Crippen molar-refractivity contribution in [3.05, 3.63) is 41.9 Å². The summed E-state index contributed by atoms with van der Waals surface area (Å²) in [5.74, 6) is 5.69. The molecule has 20 heavy (non-hydrogen) atoms. The number of hydrogen-bond donors (Lipinski definition) is 3. The summed E-state index contributed by atoms with van der Waals surface area (Å²) in [5, 5.41) is 8.69. The SMILES string of the molecule is Cc1ncc(S(=O)(=O)Nc2ccccc2C#CCO)[nH]1. The van der Waals surface area contributed by atoms with E-state index in [0.29, 0.717) is 17.1 Å². The van der Waals surface area contributed by atoms with Crippen LogP contribution in [0.15, 0.2) is 35.5 Å². The highest BCUT2D eigenvalue weighted by Gasteiger charge is 2.17. The average Bonchev–Trinajstić information content (AvgIpc) is 2.85. The molecule has 0 amide bonds. The number of para-hydroxylation sites is 1. The number of nitrogens with one attached hydrogen (secondary N) is 2. The van der Waals surface area contributed by atoms with E-state index in [1.165, 1.54) is 6.20 Å². The Hall–Kier alpha value is -2.30. The Kier molecular flexibility index (Phi) is 4.08. The number of nitrogens with zero attached hydrogens (tertiary/aromatic N) is 1. The Bertz CT molecular complexity index is 769. The van der Waals surface area contributed by atoms with E-state index in [9.17, 15) is 8.42 Å². The van der Waals surface area contributed by atoms with Crippen molar-refractivity contribution in [1.82, 2.24) is 9.97 Å². The van der Waals surface area contributed by atoms with Crippen LogP contribution in [0.3, 0.4) is 0 Å². The van der Waals surface area contributed by atoms with Crippen molar-refractivity contribution in [3.8, 4) is 11.8 Å². The summed E-state index contributed by atoms with van der Waals surface area (Å²) < 4.78 is 26.8. The van der Waals surface area contributed by atoms with Crippen molar-refractivity contribution in [3.63, 3.8) is 0 Å². The van der Waals surface area contributed by atoms with Crippen LogP contribution < -0.4 is 4.72 Å². The van der Waals surface area contributed by atoms with Gasteiger partial charge in [-0.25, -0.2) is 4.98 Å². The number of aromatic nitrogens is 2. The van der Waals surface area contributed by atoms with Crippen molar-refractivity contribution in [1.29, 1.82) is 0 Å². The molecule has 0 aliphatic heterocycles. The molecule has 0 spiro atoms. The molecule has 0 aliphatic rings. The van der Waals surface area contributed by atoms with Gasteiger partial charge in [-0.2, -0.15) is 8.42 Å². The fraction of sp³-hybridized carbons (Fsp3) is 0.154. The second kappa shape index (κ2) is 5.77. The van der Waals surface area contributed by atoms with Gasteiger partial charge in [-0.05, 0) is 19.1 Å². The Balaban J connectivity index is 2.35. The molecule has 1 heterocycles. The van der Waals surface area contributed by atoms with Gasteiger partial charge >= 0.3 is 0 Å². The van der Waals surface area contributed by atoms with E-state index in [-0.39, 0.29) is 11.6 Å². The van der Waals surface area contributed by atoms with Crippen molar-refractivity contribution in [2.75, 3.05) is 11.3 Å². The molecule has 0 fully saturated rings. The van der Waals surface area contributed by atoms with Crippen LogP contribution in [0.5, 0.6) is 0 Å². The number of hydrogen-bond acceptors (Lipinski definition) is 4. The van der Waals surface area contributed by atoms with E-state index in [1.54, 1.807) is 31.2 Å². The fourth-order valence-electron chi connectivity index (χ4n) is 1.55. The standard InChI is InChI=1S/C13H13N3O3S/c1-10-14-9-13(15-10)20(18,19)16-12-7-3-2-5-11(12)6-4-8-17/h2-3,5,7,9,16-17H,8H2,1H3,(H,14,15). The van der Waals surface area contributed by atoms with Gasteiger partial charge in [0.25, 0.3) is 10.0 Å². The number of aliphatic hydroxyl groups is 1. The third-order valence-electron chi connectivity index (χ3n) is 2.44. The molecule has 0 atom stereocenters. The Labute approximate surface area is 116 Å². The predicted octanol–water partition coefficient (Wildman–Crippen LogP) is 0.863. The molecular weight excluding hydrogens is 278 g/mol. The maximum absolute atomic E-state index is 12.2. The number of anilines is 1. The third kappa shape index (κ3) is 3.17. The van der Waals surface area contributed by atoms with E-state index in [0.717, 1.165) is 0 Å². The second-order valence-electron chi connectivity index (χ2n) is 3.94. The monoisotopic (exact) mass is 291 g/mol. The number of aliphatic hydroxyl groups excluding tert-OH is 1. The molecule has 0 bridgehead atoms. The highest BCUT2D eigenvalue weighted by atomic mass is 32.2. The summed E-state index contributed by atoms with van der Waals surface area (Å²) >= 11 is 0. The highest BCUT2D eigenvalue weighted by Crippen LogP contribution is 2.18. The van der Waals surface area contributed by atoms with Crippen LogP contribution in [0.2, 0.25) is 0 Å². The Morgan fingerprint density at radius 3 is 2.80 bits per heavy atom. The Morgan fingerprint density at radius 1 is 1.40 bits per heavy atom. The van der Waals surface area contributed by atoms with E-state index in [1.807, 2.05) is 0 Å². The summed E-state index contributed by atoms with van der Waals surface area (Å²) in [7, 11) is -3.74. The zero-order valence-corrected chi connectivity index (χ0v) is 11.5. The largest absolute Gasteiger partial charge is 0.384 e. The average molecular weight is 291 g/mol. The van der Waals surface area contributed by atoms with Gasteiger partial charge in [0.05, 0.1) is 11.9 Å². The molecule has 0 aliphatic carbocycles. The van der Waals surface area contributed by atoms with Gasteiger partial charge < -0.3 is 10.1 Å². The lowest BCUT2D eigenvalue weighted by Gasteiger charge is -2.08. The van der Waals surface area contributed by atoms with Crippen LogP contribution in [0.4, 0.5) is 5.69 Å². The lowest BCUT2D eigenvalue weighted by Crippen LogP contribution is -2.14. The molecule has 0 saturated heterocycles. The normalized spacial score (nSPS) is 10.7. The van der Waals surface area contributed by atoms with E-state index in [4.69, 9.17) is 5.11 Å². The first-order chi connectivity index (χ1) is 9.53. The molecule has 2 aromatic rings. The molecule has 2 rings (SSSR count). The molecule has 1 aromatic heterocycles. The Morgan fingerprint density at radius 2 is 2.15 bits per heavy atom. The minimum absolute atomic E-state index is 0.0140. The maximum atomic E-state index is 12.2. The molecule has 1 aromatic carbocycles. The smallest absolute Gasteiger partial charge is 0.279 e. The van der Waals surface area contributed by atoms with Crippen molar-refractivity contribution >= 4 is 15.7 Å². The molecule has 104 valence electrons. The zero-order chi connectivity index (χ0) is 14.6. The van der Waals surface area contributed by atoms with Crippen molar-refractivity contribution < 1.29 is 13.5 Å². The summed E-state index contributed by atoms with van der Waals surface area (Å²) in [6, 6.07) is 6.70. The zero-order valence-electron chi connectivity index (χ0n) is 10.7.